The molecule has 1 amide bonds. The first-order valence-electron chi connectivity index (χ1n) is 10.8. The average Bonchev–Trinajstić information content (AvgIpc) is 2.73. The number of aryl methyl sites for hydroxylation is 1. The van der Waals surface area contributed by atoms with Crippen molar-refractivity contribution in [3.63, 3.8) is 0 Å². The Kier molecular flexibility index (Phi) is 5.67. The minimum absolute atomic E-state index is 0.163. The van der Waals surface area contributed by atoms with Crippen LogP contribution in [0, 0.1) is 6.92 Å². The molecule has 0 spiro atoms. The third kappa shape index (κ3) is 4.39. The van der Waals surface area contributed by atoms with Gasteiger partial charge in [-0.15, -0.1) is 0 Å². The van der Waals surface area contributed by atoms with Crippen molar-refractivity contribution in [3.8, 4) is 0 Å². The highest BCUT2D eigenvalue weighted by molar-refractivity contribution is 5.95. The fourth-order valence-electron chi connectivity index (χ4n) is 4.13. The first-order chi connectivity index (χ1) is 14.7. The van der Waals surface area contributed by atoms with Crippen LogP contribution in [0.25, 0.3) is 10.8 Å². The molecule has 3 aromatic rings. The summed E-state index contributed by atoms with van der Waals surface area (Å²) in [4.78, 5) is 37.2. The van der Waals surface area contributed by atoms with Crippen LogP contribution >= 0.6 is 0 Å². The zero-order valence-electron chi connectivity index (χ0n) is 18.7. The van der Waals surface area contributed by atoms with Gasteiger partial charge in [-0.2, -0.15) is 0 Å². The van der Waals surface area contributed by atoms with Gasteiger partial charge >= 0.3 is 0 Å². The molecule has 1 aliphatic rings. The lowest BCUT2D eigenvalue weighted by molar-refractivity contribution is 0.0625. The fourth-order valence-corrected chi connectivity index (χ4v) is 4.13. The molecule has 162 valence electrons. The first-order valence-corrected chi connectivity index (χ1v) is 10.8. The molecule has 1 fully saturated rings. The van der Waals surface area contributed by atoms with E-state index in [1.54, 1.807) is 11.8 Å². The number of aromatic nitrogens is 2. The Morgan fingerprint density at radius 2 is 1.71 bits per heavy atom. The molecule has 2 heterocycles. The average molecular weight is 419 g/mol. The highest BCUT2D eigenvalue weighted by Gasteiger charge is 2.27. The molecule has 2 aromatic carbocycles. The summed E-state index contributed by atoms with van der Waals surface area (Å²) in [5, 5.41) is 2.52. The van der Waals surface area contributed by atoms with Crippen LogP contribution in [0.5, 0.6) is 0 Å². The molecular weight excluding hydrogens is 388 g/mol. The van der Waals surface area contributed by atoms with Crippen molar-refractivity contribution < 1.29 is 4.79 Å². The predicted octanol–water partition coefficient (Wildman–Crippen LogP) is 3.49. The van der Waals surface area contributed by atoms with E-state index < -0.39 is 0 Å². The maximum atomic E-state index is 13.1. The molecule has 1 saturated heterocycles. The number of carbonyl (C=O) groups excluding carboxylic acids is 1. The second-order valence-corrected chi connectivity index (χ2v) is 9.33. The van der Waals surface area contributed by atoms with E-state index >= 15 is 0 Å². The Bertz CT molecular complexity index is 1160. The minimum atomic E-state index is -0.347. The van der Waals surface area contributed by atoms with Gasteiger partial charge in [0.15, 0.2) is 0 Å². The lowest BCUT2D eigenvalue weighted by Gasteiger charge is -2.35. The molecule has 6 nitrogen and oxygen atoms in total. The van der Waals surface area contributed by atoms with E-state index in [1.165, 1.54) is 16.3 Å². The lowest BCUT2D eigenvalue weighted by Crippen LogP contribution is -2.49. The normalized spacial score (nSPS) is 15.4. The first kappa shape index (κ1) is 21.2. The summed E-state index contributed by atoms with van der Waals surface area (Å²) < 4.78 is 0. The van der Waals surface area contributed by atoms with Crippen molar-refractivity contribution in [2.45, 2.75) is 39.7 Å². The van der Waals surface area contributed by atoms with Crippen molar-refractivity contribution in [1.82, 2.24) is 19.8 Å². The summed E-state index contributed by atoms with van der Waals surface area (Å²) in [5.74, 6) is 0.378. The highest BCUT2D eigenvalue weighted by atomic mass is 16.2. The van der Waals surface area contributed by atoms with E-state index in [4.69, 9.17) is 0 Å². The van der Waals surface area contributed by atoms with E-state index in [2.05, 4.69) is 57.3 Å². The SMILES string of the molecule is Cc1nc(C(C)(C)C)[nH]c(=O)c1C(=O)N1CCN(Cc2cccc3ccccc23)CC1. The number of fused-ring (bicyclic) bond motifs is 1. The van der Waals surface area contributed by atoms with Crippen molar-refractivity contribution in [2.75, 3.05) is 26.2 Å². The Labute approximate surface area is 182 Å². The van der Waals surface area contributed by atoms with Crippen LogP contribution in [-0.2, 0) is 12.0 Å². The quantitative estimate of drug-likeness (QED) is 0.707. The van der Waals surface area contributed by atoms with Gasteiger partial charge in [-0.05, 0) is 23.3 Å². The summed E-state index contributed by atoms with van der Waals surface area (Å²) in [5.41, 5.74) is 1.33. The van der Waals surface area contributed by atoms with E-state index in [1.807, 2.05) is 20.8 Å². The number of aromatic amines is 1. The number of carbonyl (C=O) groups is 1. The van der Waals surface area contributed by atoms with Gasteiger partial charge in [0.05, 0.1) is 5.69 Å². The molecule has 4 rings (SSSR count). The van der Waals surface area contributed by atoms with E-state index in [0.29, 0.717) is 24.6 Å². The maximum Gasteiger partial charge on any atom is 0.264 e. The number of hydrogen-bond donors (Lipinski definition) is 1. The van der Waals surface area contributed by atoms with Crippen LogP contribution in [0.3, 0.4) is 0 Å². The van der Waals surface area contributed by atoms with Gasteiger partial charge in [-0.25, -0.2) is 4.98 Å². The maximum absolute atomic E-state index is 13.1. The smallest absolute Gasteiger partial charge is 0.264 e. The van der Waals surface area contributed by atoms with Gasteiger partial charge in [-0.1, -0.05) is 63.2 Å². The largest absolute Gasteiger partial charge is 0.336 e. The Balaban J connectivity index is 1.45. The number of H-pyrrole nitrogens is 1. The van der Waals surface area contributed by atoms with Gasteiger partial charge in [-0.3, -0.25) is 14.5 Å². The van der Waals surface area contributed by atoms with Crippen molar-refractivity contribution in [3.05, 3.63) is 75.5 Å². The number of amides is 1. The zero-order valence-corrected chi connectivity index (χ0v) is 18.7. The van der Waals surface area contributed by atoms with Gasteiger partial charge in [0, 0.05) is 38.1 Å². The molecule has 6 heteroatoms. The van der Waals surface area contributed by atoms with Gasteiger partial charge in [0.2, 0.25) is 0 Å². The van der Waals surface area contributed by atoms with Gasteiger partial charge in [0.25, 0.3) is 11.5 Å². The van der Waals surface area contributed by atoms with Crippen molar-refractivity contribution >= 4 is 16.7 Å². The van der Waals surface area contributed by atoms with E-state index in [9.17, 15) is 9.59 Å². The van der Waals surface area contributed by atoms with Crippen LogP contribution in [0.2, 0.25) is 0 Å². The molecule has 0 aliphatic carbocycles. The molecule has 0 atom stereocenters. The number of hydrogen-bond acceptors (Lipinski definition) is 4. The topological polar surface area (TPSA) is 69.3 Å². The molecule has 31 heavy (non-hydrogen) atoms. The molecule has 0 radical (unpaired) electrons. The second kappa shape index (κ2) is 8.27. The van der Waals surface area contributed by atoms with Crippen LogP contribution in [0.15, 0.2) is 47.3 Å². The Morgan fingerprint density at radius 3 is 2.39 bits per heavy atom. The van der Waals surface area contributed by atoms with Gasteiger partial charge < -0.3 is 9.88 Å². The third-order valence-corrected chi connectivity index (χ3v) is 5.96. The second-order valence-electron chi connectivity index (χ2n) is 9.33. The van der Waals surface area contributed by atoms with E-state index in [0.717, 1.165) is 19.6 Å². The Hall–Kier alpha value is -2.99. The number of piperazine rings is 1. The van der Waals surface area contributed by atoms with Crippen LogP contribution in [0.1, 0.15) is 48.2 Å². The number of benzene rings is 2. The number of rotatable bonds is 3. The third-order valence-electron chi connectivity index (χ3n) is 5.96. The standard InChI is InChI=1S/C25H30N4O2/c1-17-21(22(30)27-24(26-17)25(2,3)4)23(31)29-14-12-28(13-15-29)16-19-10-7-9-18-8-5-6-11-20(18)19/h5-11H,12-16H2,1-4H3,(H,26,27,30). The lowest BCUT2D eigenvalue weighted by atomic mass is 9.95. The highest BCUT2D eigenvalue weighted by Crippen LogP contribution is 2.21. The van der Waals surface area contributed by atoms with Crippen LogP contribution < -0.4 is 5.56 Å². The zero-order chi connectivity index (χ0) is 22.2. The van der Waals surface area contributed by atoms with E-state index in [-0.39, 0.29) is 22.4 Å². The summed E-state index contributed by atoms with van der Waals surface area (Å²) in [6.07, 6.45) is 0. The summed E-state index contributed by atoms with van der Waals surface area (Å²) in [6, 6.07) is 14.8. The van der Waals surface area contributed by atoms with Crippen LogP contribution in [-0.4, -0.2) is 51.9 Å². The number of nitrogens with zero attached hydrogens (tertiary/aromatic N) is 3. The molecule has 1 aliphatic heterocycles. The summed E-state index contributed by atoms with van der Waals surface area (Å²) >= 11 is 0. The molecule has 0 bridgehead atoms. The number of nitrogens with one attached hydrogen (secondary N) is 1. The van der Waals surface area contributed by atoms with Crippen molar-refractivity contribution in [1.29, 1.82) is 0 Å². The molecule has 0 unspecified atom stereocenters. The van der Waals surface area contributed by atoms with Gasteiger partial charge in [0.1, 0.15) is 11.4 Å². The molecule has 1 aromatic heterocycles. The minimum Gasteiger partial charge on any atom is -0.336 e. The van der Waals surface area contributed by atoms with Crippen molar-refractivity contribution in [2.24, 2.45) is 0 Å². The molecular formula is C25H30N4O2. The summed E-state index contributed by atoms with van der Waals surface area (Å²) in [7, 11) is 0. The monoisotopic (exact) mass is 418 g/mol. The fraction of sp³-hybridized carbons (Fsp3) is 0.400. The summed E-state index contributed by atoms with van der Waals surface area (Å²) in [6.45, 7) is 11.3. The Morgan fingerprint density at radius 1 is 1.03 bits per heavy atom. The predicted molar refractivity (Wildman–Crippen MR) is 123 cm³/mol. The molecule has 0 saturated carbocycles. The molecule has 1 N–H and O–H groups in total. The van der Waals surface area contributed by atoms with Crippen LogP contribution in [0.4, 0.5) is 0 Å².